The van der Waals surface area contributed by atoms with Crippen molar-refractivity contribution >= 4 is 62.2 Å². The largest absolute Gasteiger partial charge is 0.354 e. The molecule has 9 rings (SSSR count). The fourth-order valence-electron chi connectivity index (χ4n) is 8.21. The molecule has 3 aliphatic rings. The van der Waals surface area contributed by atoms with Crippen molar-refractivity contribution in [1.82, 2.24) is 4.98 Å². The second-order valence-electron chi connectivity index (χ2n) is 14.6. The predicted molar refractivity (Wildman–Crippen MR) is 237 cm³/mol. The number of H-pyrrole nitrogens is 1. The number of nitrogens with one attached hydrogen (secondary N) is 1. The lowest BCUT2D eigenvalue weighted by Gasteiger charge is -2.28. The summed E-state index contributed by atoms with van der Waals surface area (Å²) >= 11 is 1.93. The third-order valence-corrected chi connectivity index (χ3v) is 12.0. The third-order valence-electron chi connectivity index (χ3n) is 10.9. The van der Waals surface area contributed by atoms with E-state index < -0.39 is 0 Å². The number of para-hydroxylation sites is 1. The Morgan fingerprint density at radius 1 is 0.873 bits per heavy atom. The van der Waals surface area contributed by atoms with E-state index in [0.717, 1.165) is 60.6 Å². The van der Waals surface area contributed by atoms with E-state index in [4.69, 9.17) is 0 Å². The van der Waals surface area contributed by atoms with Gasteiger partial charge in [0, 0.05) is 45.3 Å². The first-order valence-electron chi connectivity index (χ1n) is 19.5. The lowest BCUT2D eigenvalue weighted by Crippen LogP contribution is -2.16. The van der Waals surface area contributed by atoms with Gasteiger partial charge in [0.25, 0.3) is 0 Å². The van der Waals surface area contributed by atoms with Gasteiger partial charge in [-0.05, 0) is 119 Å². The second-order valence-corrected chi connectivity index (χ2v) is 15.6. The highest BCUT2D eigenvalue weighted by Gasteiger charge is 2.25. The fraction of sp³-hybridized carbons (Fsp3) is 0.154. The number of fused-ring (bicyclic) bond motifs is 5. The van der Waals surface area contributed by atoms with Crippen LogP contribution < -0.4 is 4.90 Å². The van der Waals surface area contributed by atoms with Gasteiger partial charge in [0.1, 0.15) is 0 Å². The number of hydrogen-bond acceptors (Lipinski definition) is 2. The Balaban J connectivity index is 1.26. The van der Waals surface area contributed by atoms with E-state index in [1.54, 1.807) is 0 Å². The fourth-order valence-corrected chi connectivity index (χ4v) is 9.17. The first-order chi connectivity index (χ1) is 27.2. The Labute approximate surface area is 329 Å². The molecule has 1 atom stereocenters. The summed E-state index contributed by atoms with van der Waals surface area (Å²) in [6.07, 6.45) is 30.1. The Kier molecular flexibility index (Phi) is 10.00. The van der Waals surface area contributed by atoms with Crippen LogP contribution in [0.2, 0.25) is 0 Å². The normalized spacial score (nSPS) is 18.6. The minimum Gasteiger partial charge on any atom is -0.354 e. The van der Waals surface area contributed by atoms with E-state index in [-0.39, 0.29) is 0 Å². The molecule has 0 saturated carbocycles. The van der Waals surface area contributed by atoms with Gasteiger partial charge in [0.05, 0.1) is 16.9 Å². The Bertz CT molecular complexity index is 2540. The smallest absolute Gasteiger partial charge is 0.0973 e. The van der Waals surface area contributed by atoms with Crippen LogP contribution in [0.1, 0.15) is 66.5 Å². The van der Waals surface area contributed by atoms with Gasteiger partial charge in [-0.25, -0.2) is 0 Å². The lowest BCUT2D eigenvalue weighted by atomic mass is 9.88. The van der Waals surface area contributed by atoms with Crippen molar-refractivity contribution < 1.29 is 0 Å². The van der Waals surface area contributed by atoms with Crippen LogP contribution in [0, 0.1) is 12.1 Å². The molecule has 5 aromatic carbocycles. The molecule has 0 amide bonds. The maximum Gasteiger partial charge on any atom is 0.0973 e. The number of hydrogen-bond donors (Lipinski definition) is 1. The molecule has 1 N–H and O–H groups in total. The van der Waals surface area contributed by atoms with Crippen molar-refractivity contribution in [2.45, 2.75) is 49.8 Å². The van der Waals surface area contributed by atoms with Crippen LogP contribution in [0.3, 0.4) is 0 Å². The van der Waals surface area contributed by atoms with Crippen molar-refractivity contribution in [1.29, 1.82) is 0 Å². The Morgan fingerprint density at radius 3 is 2.65 bits per heavy atom. The first kappa shape index (κ1) is 34.8. The summed E-state index contributed by atoms with van der Waals surface area (Å²) in [6, 6.07) is 42.0. The molecule has 55 heavy (non-hydrogen) atoms. The maximum atomic E-state index is 4.03. The highest BCUT2D eigenvalue weighted by molar-refractivity contribution is 7.99. The van der Waals surface area contributed by atoms with Gasteiger partial charge in [0.15, 0.2) is 0 Å². The number of thioether (sulfide) groups is 1. The SMILES string of the molecule is CC1/C=C\C=C/CSc2ccc(/C(=C/C3=CC=CCC3)Cc3c4ccccc4cc4c5c([nH]c34)/C=C\CCC=C5N(c3c#cccc3)c3ccccc3)cc21. The zero-order chi connectivity index (χ0) is 37.0. The molecule has 2 aliphatic carbocycles. The van der Waals surface area contributed by atoms with E-state index in [2.05, 4.69) is 187 Å². The van der Waals surface area contributed by atoms with E-state index in [0.29, 0.717) is 5.92 Å². The van der Waals surface area contributed by atoms with Crippen LogP contribution in [0.15, 0.2) is 168 Å². The number of rotatable bonds is 7. The van der Waals surface area contributed by atoms with Crippen molar-refractivity contribution in [3.8, 4) is 0 Å². The molecule has 1 unspecified atom stereocenters. The van der Waals surface area contributed by atoms with E-state index in [9.17, 15) is 0 Å². The van der Waals surface area contributed by atoms with E-state index >= 15 is 0 Å². The van der Waals surface area contributed by atoms with Gasteiger partial charge in [-0.1, -0.05) is 128 Å². The standard InChI is InChI=1S/C52H44N2S/c1-37-19-7-6-18-32-55-50-31-30-39(34-45(37)50)41(33-38-20-8-2-9-21-38)36-46-44-27-17-16-22-40(44)35-47-51-48(53-52(46)47)28-14-5-15-29-49(51)54(42-23-10-3-11-24-42)43-25-12-4-13-26-43/h2-4,6-8,10-12,14,16-20,22-25,27-31,33-35,37,53H,5,9,15,21,32,36H2,1H3/b18-6-,19-7-,28-14-,41-33+,49-29?. The maximum absolute atomic E-state index is 4.03. The summed E-state index contributed by atoms with van der Waals surface area (Å²) in [7, 11) is 0. The number of benzene rings is 4. The van der Waals surface area contributed by atoms with Crippen LogP contribution in [-0.4, -0.2) is 10.7 Å². The molecule has 1 aromatic heterocycles. The molecule has 0 saturated heterocycles. The molecule has 2 nitrogen and oxygen atoms in total. The monoisotopic (exact) mass is 728 g/mol. The van der Waals surface area contributed by atoms with Crippen LogP contribution in [-0.2, 0) is 6.42 Å². The number of nitrogens with zero attached hydrogens (tertiary/aromatic N) is 1. The average Bonchev–Trinajstić information content (AvgIpc) is 3.61. The van der Waals surface area contributed by atoms with Crippen LogP contribution in [0.25, 0.3) is 39.0 Å². The molecular formula is C52H44N2S. The van der Waals surface area contributed by atoms with Crippen LogP contribution in [0.4, 0.5) is 11.4 Å². The van der Waals surface area contributed by atoms with Crippen LogP contribution in [0.5, 0.6) is 0 Å². The third kappa shape index (κ3) is 7.19. The van der Waals surface area contributed by atoms with Crippen molar-refractivity contribution in [3.63, 3.8) is 0 Å². The molecule has 1 aliphatic heterocycles. The highest BCUT2D eigenvalue weighted by atomic mass is 32.2. The molecule has 268 valence electrons. The van der Waals surface area contributed by atoms with Gasteiger partial charge < -0.3 is 9.88 Å². The highest BCUT2D eigenvalue weighted by Crippen LogP contribution is 2.43. The van der Waals surface area contributed by atoms with Gasteiger partial charge in [-0.15, -0.1) is 11.8 Å². The number of allylic oxidation sites excluding steroid dienone is 11. The summed E-state index contributed by atoms with van der Waals surface area (Å²) in [5, 5.41) is 3.77. The minimum atomic E-state index is 0.319. The minimum absolute atomic E-state index is 0.319. The van der Waals surface area contributed by atoms with Crippen LogP contribution >= 0.6 is 11.8 Å². The van der Waals surface area contributed by atoms with Gasteiger partial charge in [0.2, 0.25) is 0 Å². The summed E-state index contributed by atoms with van der Waals surface area (Å²) < 4.78 is 0. The van der Waals surface area contributed by atoms with Crippen molar-refractivity contribution in [3.05, 3.63) is 203 Å². The number of aromatic nitrogens is 1. The summed E-state index contributed by atoms with van der Waals surface area (Å²) in [6.45, 7) is 2.32. The quantitative estimate of drug-likeness (QED) is 0.176. The molecule has 0 bridgehead atoms. The number of anilines is 2. The molecule has 2 heterocycles. The molecule has 6 aromatic rings. The zero-order valence-corrected chi connectivity index (χ0v) is 32.1. The van der Waals surface area contributed by atoms with Crippen molar-refractivity contribution in [2.75, 3.05) is 10.7 Å². The van der Waals surface area contributed by atoms with E-state index in [1.165, 1.54) is 60.0 Å². The summed E-state index contributed by atoms with van der Waals surface area (Å²) in [5.74, 6) is 1.30. The molecule has 3 heteroatoms. The summed E-state index contributed by atoms with van der Waals surface area (Å²) in [5.41, 5.74) is 13.5. The topological polar surface area (TPSA) is 19.0 Å². The molecule has 0 radical (unpaired) electrons. The average molecular weight is 729 g/mol. The molecular weight excluding hydrogens is 685 g/mol. The molecule has 0 fully saturated rings. The summed E-state index contributed by atoms with van der Waals surface area (Å²) in [4.78, 5) is 7.75. The predicted octanol–water partition coefficient (Wildman–Crippen LogP) is 14.1. The van der Waals surface area contributed by atoms with Gasteiger partial charge in [-0.2, -0.15) is 0 Å². The Hall–Kier alpha value is -5.95. The molecule has 0 spiro atoms. The van der Waals surface area contributed by atoms with Crippen molar-refractivity contribution in [2.24, 2.45) is 0 Å². The lowest BCUT2D eigenvalue weighted by molar-refractivity contribution is 0.933. The second kappa shape index (κ2) is 15.8. The van der Waals surface area contributed by atoms with E-state index in [1.807, 2.05) is 17.8 Å². The Morgan fingerprint density at radius 2 is 1.78 bits per heavy atom. The van der Waals surface area contributed by atoms with Gasteiger partial charge in [-0.3, -0.25) is 0 Å². The zero-order valence-electron chi connectivity index (χ0n) is 31.3. The van der Waals surface area contributed by atoms with Gasteiger partial charge >= 0.3 is 0 Å². The first-order valence-corrected chi connectivity index (χ1v) is 20.5. The number of aromatic amines is 1.